The highest BCUT2D eigenvalue weighted by Crippen LogP contribution is 2.28. The molecule has 8 atom stereocenters. The molecule has 2 saturated heterocycles. The average Bonchev–Trinajstić information content (AvgIpc) is 3.08. The normalized spacial score (nSPS) is 36.9. The van der Waals surface area contributed by atoms with E-state index in [1.165, 1.54) is 17.7 Å². The van der Waals surface area contributed by atoms with Crippen LogP contribution in [0.15, 0.2) is 15.8 Å². The van der Waals surface area contributed by atoms with Gasteiger partial charge in [0.25, 0.3) is 5.56 Å². The molecule has 0 amide bonds. The van der Waals surface area contributed by atoms with Crippen molar-refractivity contribution in [2.75, 3.05) is 20.0 Å². The first kappa shape index (κ1) is 23.0. The van der Waals surface area contributed by atoms with E-state index < -0.39 is 73.8 Å². The lowest BCUT2D eigenvalue weighted by Gasteiger charge is -2.39. The van der Waals surface area contributed by atoms with Crippen molar-refractivity contribution in [2.24, 2.45) is 0 Å². The summed E-state index contributed by atoms with van der Waals surface area (Å²) in [5.74, 6) is 0. The Morgan fingerprint density at radius 3 is 2.57 bits per heavy atom. The Morgan fingerprint density at radius 2 is 1.87 bits per heavy atom. The Balaban J connectivity index is 1.49. The summed E-state index contributed by atoms with van der Waals surface area (Å²) in [6.45, 7) is 0.430. The van der Waals surface area contributed by atoms with E-state index in [1.807, 2.05) is 0 Å². The van der Waals surface area contributed by atoms with Crippen molar-refractivity contribution in [1.82, 2.24) is 9.55 Å². The largest absolute Gasteiger partial charge is 0.394 e. The summed E-state index contributed by atoms with van der Waals surface area (Å²) < 4.78 is 22.5. The van der Waals surface area contributed by atoms with Gasteiger partial charge in [-0.15, -0.1) is 0 Å². The number of nitrogens with zero attached hydrogens (tertiary/aromatic N) is 1. The van der Waals surface area contributed by atoms with E-state index in [0.717, 1.165) is 0 Å². The van der Waals surface area contributed by atoms with Crippen LogP contribution in [-0.2, 0) is 18.9 Å². The number of nitrogens with one attached hydrogen (secondary N) is 1. The minimum Gasteiger partial charge on any atom is -0.394 e. The fourth-order valence-corrected chi connectivity index (χ4v) is 3.32. The molecule has 0 aliphatic carbocycles. The number of aromatic amines is 1. The van der Waals surface area contributed by atoms with Gasteiger partial charge >= 0.3 is 5.69 Å². The molecular formula is C17H26N2O11. The number of aliphatic hydroxyl groups is 5. The maximum Gasteiger partial charge on any atom is 0.330 e. The van der Waals surface area contributed by atoms with Gasteiger partial charge in [0.05, 0.1) is 19.3 Å². The van der Waals surface area contributed by atoms with Gasteiger partial charge in [-0.1, -0.05) is 0 Å². The smallest absolute Gasteiger partial charge is 0.330 e. The van der Waals surface area contributed by atoms with Crippen LogP contribution in [0.5, 0.6) is 0 Å². The lowest BCUT2D eigenvalue weighted by molar-refractivity contribution is -0.317. The van der Waals surface area contributed by atoms with Gasteiger partial charge in [-0.25, -0.2) is 4.79 Å². The summed E-state index contributed by atoms with van der Waals surface area (Å²) in [4.78, 5) is 25.6. The maximum atomic E-state index is 12.0. The second kappa shape index (κ2) is 9.64. The third kappa shape index (κ3) is 4.80. The van der Waals surface area contributed by atoms with E-state index >= 15 is 0 Å². The molecule has 13 heteroatoms. The number of rotatable bonds is 7. The van der Waals surface area contributed by atoms with Crippen molar-refractivity contribution in [3.63, 3.8) is 0 Å². The molecule has 6 N–H and O–H groups in total. The number of aliphatic hydroxyl groups excluding tert-OH is 5. The van der Waals surface area contributed by atoms with Crippen LogP contribution in [0.1, 0.15) is 18.2 Å². The first-order valence-electron chi connectivity index (χ1n) is 9.38. The Bertz CT molecular complexity index is 825. The number of ether oxygens (including phenoxy) is 4. The van der Waals surface area contributed by atoms with Crippen molar-refractivity contribution >= 4 is 0 Å². The second-order valence-corrected chi connectivity index (χ2v) is 7.26. The molecule has 30 heavy (non-hydrogen) atoms. The highest BCUT2D eigenvalue weighted by molar-refractivity contribution is 5.02. The highest BCUT2D eigenvalue weighted by Gasteiger charge is 2.44. The molecule has 2 fully saturated rings. The summed E-state index contributed by atoms with van der Waals surface area (Å²) >= 11 is 0. The van der Waals surface area contributed by atoms with Crippen LogP contribution in [0.4, 0.5) is 0 Å². The van der Waals surface area contributed by atoms with Crippen LogP contribution in [0, 0.1) is 6.92 Å². The van der Waals surface area contributed by atoms with Crippen LogP contribution >= 0.6 is 0 Å². The van der Waals surface area contributed by atoms with Crippen molar-refractivity contribution < 1.29 is 44.5 Å². The van der Waals surface area contributed by atoms with Crippen LogP contribution in [0.3, 0.4) is 0 Å². The summed E-state index contributed by atoms with van der Waals surface area (Å²) in [5.41, 5.74) is -0.837. The van der Waals surface area contributed by atoms with Gasteiger partial charge < -0.3 is 44.5 Å². The average molecular weight is 434 g/mol. The number of hydrogen-bond donors (Lipinski definition) is 6. The molecule has 2 aliphatic heterocycles. The van der Waals surface area contributed by atoms with Crippen molar-refractivity contribution in [2.45, 2.75) is 62.5 Å². The molecule has 170 valence electrons. The monoisotopic (exact) mass is 434 g/mol. The summed E-state index contributed by atoms with van der Waals surface area (Å²) in [7, 11) is 0. The predicted octanol–water partition coefficient (Wildman–Crippen LogP) is -3.72. The molecule has 0 radical (unpaired) electrons. The quantitative estimate of drug-likeness (QED) is 0.183. The van der Waals surface area contributed by atoms with Gasteiger partial charge in [-0.3, -0.25) is 14.3 Å². The fraction of sp³-hybridized carbons (Fsp3) is 0.765. The van der Waals surface area contributed by atoms with E-state index in [1.54, 1.807) is 0 Å². The molecule has 0 aromatic carbocycles. The van der Waals surface area contributed by atoms with Crippen LogP contribution in [-0.4, -0.2) is 98.0 Å². The zero-order valence-electron chi connectivity index (χ0n) is 16.2. The lowest BCUT2D eigenvalue weighted by Crippen LogP contribution is -2.59. The number of aromatic nitrogens is 2. The summed E-state index contributed by atoms with van der Waals surface area (Å²) in [6, 6.07) is 0. The minimum absolute atomic E-state index is 0.104. The van der Waals surface area contributed by atoms with E-state index in [4.69, 9.17) is 24.1 Å². The van der Waals surface area contributed by atoms with Gasteiger partial charge in [-0.05, 0) is 6.92 Å². The molecular weight excluding hydrogens is 408 g/mol. The SMILES string of the molecule is Cc1cn([C@H]2C[C@H](O)[C@@H](COCO[C@H]3O[C@H](CO)[C@@H](O)[C@H](O)[C@H]3O)O2)c(=O)[nH]c1=O. The first-order chi connectivity index (χ1) is 14.2. The molecule has 0 saturated carbocycles. The Labute approximate surface area is 170 Å². The van der Waals surface area contributed by atoms with E-state index in [9.17, 15) is 30.0 Å². The standard InChI is InChI=1S/C17H26N2O11/c1-7-3-19(17(26)18-15(7)25)11-2-8(21)10(29-11)5-27-6-28-16-14(24)13(23)12(22)9(4-20)30-16/h3,8-14,16,20-24H,2,4-6H2,1H3,(H,18,25,26)/t8-,9+,10+,11+,12+,13-,14+,16-/m0/s1. The Kier molecular flexibility index (Phi) is 7.38. The minimum atomic E-state index is -1.57. The molecule has 3 heterocycles. The Morgan fingerprint density at radius 1 is 1.13 bits per heavy atom. The molecule has 2 aliphatic rings. The lowest BCUT2D eigenvalue weighted by atomic mass is 9.99. The number of hydrogen-bond acceptors (Lipinski definition) is 11. The van der Waals surface area contributed by atoms with Crippen LogP contribution in [0.2, 0.25) is 0 Å². The van der Waals surface area contributed by atoms with Gasteiger partial charge in [0.1, 0.15) is 43.5 Å². The maximum absolute atomic E-state index is 12.0. The van der Waals surface area contributed by atoms with Gasteiger partial charge in [0, 0.05) is 18.2 Å². The van der Waals surface area contributed by atoms with Crippen LogP contribution < -0.4 is 11.2 Å². The van der Waals surface area contributed by atoms with Crippen molar-refractivity contribution in [3.8, 4) is 0 Å². The Hall–Kier alpha value is -1.68. The van der Waals surface area contributed by atoms with E-state index in [-0.39, 0.29) is 13.0 Å². The third-order valence-corrected chi connectivity index (χ3v) is 5.11. The van der Waals surface area contributed by atoms with Crippen molar-refractivity contribution in [1.29, 1.82) is 0 Å². The predicted molar refractivity (Wildman–Crippen MR) is 96.3 cm³/mol. The van der Waals surface area contributed by atoms with Gasteiger partial charge in [0.15, 0.2) is 6.29 Å². The van der Waals surface area contributed by atoms with Gasteiger partial charge in [-0.2, -0.15) is 0 Å². The molecule has 3 rings (SSSR count). The molecule has 0 bridgehead atoms. The fourth-order valence-electron chi connectivity index (χ4n) is 3.32. The topological polar surface area (TPSA) is 193 Å². The molecule has 13 nitrogen and oxygen atoms in total. The second-order valence-electron chi connectivity index (χ2n) is 7.26. The molecule has 1 aromatic rings. The van der Waals surface area contributed by atoms with Gasteiger partial charge in [0.2, 0.25) is 0 Å². The van der Waals surface area contributed by atoms with E-state index in [2.05, 4.69) is 4.98 Å². The third-order valence-electron chi connectivity index (χ3n) is 5.11. The first-order valence-corrected chi connectivity index (χ1v) is 9.38. The number of H-pyrrole nitrogens is 1. The van der Waals surface area contributed by atoms with E-state index in [0.29, 0.717) is 5.56 Å². The summed E-state index contributed by atoms with van der Waals surface area (Å²) in [6.07, 6.45) is -8.13. The zero-order chi connectivity index (χ0) is 22.0. The molecule has 0 unspecified atom stereocenters. The molecule has 0 spiro atoms. The zero-order valence-corrected chi connectivity index (χ0v) is 16.2. The van der Waals surface area contributed by atoms with Crippen LogP contribution in [0.25, 0.3) is 0 Å². The van der Waals surface area contributed by atoms with Crippen molar-refractivity contribution in [3.05, 3.63) is 32.6 Å². The summed E-state index contributed by atoms with van der Waals surface area (Å²) in [5, 5.41) is 48.6. The number of aryl methyl sites for hydroxylation is 1. The molecule has 1 aromatic heterocycles. The highest BCUT2D eigenvalue weighted by atomic mass is 16.8.